The molecular formula is C16H16F3N5O2S. The third-order valence-corrected chi connectivity index (χ3v) is 5.06. The van der Waals surface area contributed by atoms with Gasteiger partial charge in [-0.3, -0.25) is 9.40 Å². The lowest BCUT2D eigenvalue weighted by molar-refractivity contribution is -0.137. The van der Waals surface area contributed by atoms with Crippen LogP contribution in [-0.2, 0) is 23.2 Å². The number of pyridine rings is 1. The van der Waals surface area contributed by atoms with Crippen LogP contribution in [0.2, 0.25) is 0 Å². The molecule has 2 N–H and O–H groups in total. The van der Waals surface area contributed by atoms with Crippen LogP contribution in [0.15, 0.2) is 42.7 Å². The number of anilines is 2. The van der Waals surface area contributed by atoms with Gasteiger partial charge in [-0.05, 0) is 18.2 Å². The highest BCUT2D eigenvalue weighted by Crippen LogP contribution is 2.29. The number of rotatable bonds is 6. The smallest absolute Gasteiger partial charge is 0.369 e. The third-order valence-electron chi connectivity index (χ3n) is 3.79. The number of benzene rings is 1. The summed E-state index contributed by atoms with van der Waals surface area (Å²) < 4.78 is 66.7. The number of nitrogens with zero attached hydrogens (tertiary/aromatic N) is 3. The summed E-state index contributed by atoms with van der Waals surface area (Å²) in [5.74, 6) is -0.395. The Kier molecular flexibility index (Phi) is 4.96. The van der Waals surface area contributed by atoms with Gasteiger partial charge in [-0.1, -0.05) is 12.1 Å². The number of para-hydroxylation sites is 1. The van der Waals surface area contributed by atoms with Gasteiger partial charge < -0.3 is 5.32 Å². The third kappa shape index (κ3) is 4.48. The Morgan fingerprint density at radius 1 is 1.22 bits per heavy atom. The van der Waals surface area contributed by atoms with Crippen LogP contribution >= 0.6 is 0 Å². The topological polar surface area (TPSA) is 88.9 Å². The molecule has 0 unspecified atom stereocenters. The minimum Gasteiger partial charge on any atom is -0.369 e. The number of nitrogens with one attached hydrogen (secondary N) is 2. The molecule has 2 aromatic heterocycles. The Morgan fingerprint density at radius 3 is 2.74 bits per heavy atom. The first-order valence-electron chi connectivity index (χ1n) is 7.84. The van der Waals surface area contributed by atoms with Crippen molar-refractivity contribution in [3.8, 4) is 0 Å². The minimum absolute atomic E-state index is 0.0474. The maximum absolute atomic E-state index is 12.7. The number of alkyl halides is 3. The van der Waals surface area contributed by atoms with Gasteiger partial charge >= 0.3 is 6.18 Å². The molecule has 0 atom stereocenters. The fraction of sp³-hybridized carbons (Fsp3) is 0.250. The summed E-state index contributed by atoms with van der Waals surface area (Å²) in [5.41, 5.74) is 0.155. The normalized spacial score (nSPS) is 12.3. The Balaban J connectivity index is 1.66. The van der Waals surface area contributed by atoms with E-state index in [1.54, 1.807) is 36.1 Å². The Labute approximate surface area is 153 Å². The highest BCUT2D eigenvalue weighted by molar-refractivity contribution is 7.92. The highest BCUT2D eigenvalue weighted by Gasteiger charge is 2.30. The van der Waals surface area contributed by atoms with E-state index in [0.29, 0.717) is 11.2 Å². The van der Waals surface area contributed by atoms with E-state index in [-0.39, 0.29) is 18.1 Å². The van der Waals surface area contributed by atoms with Gasteiger partial charge in [0.15, 0.2) is 0 Å². The molecule has 144 valence electrons. The molecule has 7 nitrogen and oxygen atoms in total. The second-order valence-electron chi connectivity index (χ2n) is 5.79. The Bertz CT molecular complexity index is 1060. The molecule has 0 aliphatic carbocycles. The number of hydrogen-bond acceptors (Lipinski definition) is 5. The molecule has 11 heteroatoms. The van der Waals surface area contributed by atoms with Crippen LogP contribution in [0.3, 0.4) is 0 Å². The molecule has 1 aromatic carbocycles. The zero-order valence-corrected chi connectivity index (χ0v) is 15.0. The summed E-state index contributed by atoms with van der Waals surface area (Å²) in [7, 11) is -2.04. The summed E-state index contributed by atoms with van der Waals surface area (Å²) in [6, 6.07) is 6.80. The number of halogens is 3. The first-order chi connectivity index (χ1) is 12.7. The number of aromatic nitrogens is 3. The maximum atomic E-state index is 12.7. The molecule has 0 radical (unpaired) electrons. The van der Waals surface area contributed by atoms with E-state index in [2.05, 4.69) is 20.1 Å². The zero-order valence-electron chi connectivity index (χ0n) is 14.2. The number of sulfonamides is 1. The standard InChI is InChI=1S/C16H16F3N5O2S/c1-24-15-11(10-22-24)3-2-4-13(15)23-27(25,26)8-7-21-14-9-12(5-6-20-14)16(17,18)19/h2-6,9-10,23H,7-8H2,1H3,(H,20,21). The first-order valence-corrected chi connectivity index (χ1v) is 9.49. The van der Waals surface area contributed by atoms with Crippen molar-refractivity contribution in [1.82, 2.24) is 14.8 Å². The zero-order chi connectivity index (χ0) is 19.7. The second kappa shape index (κ2) is 7.06. The highest BCUT2D eigenvalue weighted by atomic mass is 32.2. The van der Waals surface area contributed by atoms with E-state index in [1.807, 2.05) is 0 Å². The van der Waals surface area contributed by atoms with Crippen LogP contribution in [0.5, 0.6) is 0 Å². The summed E-state index contributed by atoms with van der Waals surface area (Å²) in [6.07, 6.45) is -1.86. The Hall–Kier alpha value is -2.82. The lowest BCUT2D eigenvalue weighted by Crippen LogP contribution is -2.23. The second-order valence-corrected chi connectivity index (χ2v) is 7.63. The largest absolute Gasteiger partial charge is 0.416 e. The number of fused-ring (bicyclic) bond motifs is 1. The van der Waals surface area contributed by atoms with Crippen molar-refractivity contribution in [1.29, 1.82) is 0 Å². The SMILES string of the molecule is Cn1ncc2cccc(NS(=O)(=O)CCNc3cc(C(F)(F)F)ccn3)c21. The molecule has 0 fully saturated rings. The van der Waals surface area contributed by atoms with Gasteiger partial charge in [0.1, 0.15) is 5.82 Å². The molecule has 0 aliphatic heterocycles. The monoisotopic (exact) mass is 399 g/mol. The molecule has 3 aromatic rings. The quantitative estimate of drug-likeness (QED) is 0.665. The van der Waals surface area contributed by atoms with Crippen LogP contribution in [0, 0.1) is 0 Å². The van der Waals surface area contributed by atoms with E-state index >= 15 is 0 Å². The average molecular weight is 399 g/mol. The van der Waals surface area contributed by atoms with Crippen LogP contribution in [-0.4, -0.2) is 35.5 Å². The average Bonchev–Trinajstić information content (AvgIpc) is 2.96. The molecule has 0 saturated heterocycles. The van der Waals surface area contributed by atoms with Crippen molar-refractivity contribution in [3.63, 3.8) is 0 Å². The molecule has 0 bridgehead atoms. The molecule has 27 heavy (non-hydrogen) atoms. The van der Waals surface area contributed by atoms with E-state index in [1.165, 1.54) is 0 Å². The van der Waals surface area contributed by atoms with Crippen LogP contribution < -0.4 is 10.0 Å². The Morgan fingerprint density at radius 2 is 2.00 bits per heavy atom. The fourth-order valence-corrected chi connectivity index (χ4v) is 3.52. The van der Waals surface area contributed by atoms with Crippen LogP contribution in [0.25, 0.3) is 10.9 Å². The van der Waals surface area contributed by atoms with E-state index in [0.717, 1.165) is 23.7 Å². The lowest BCUT2D eigenvalue weighted by atomic mass is 10.2. The number of aryl methyl sites for hydroxylation is 1. The van der Waals surface area contributed by atoms with Crippen LogP contribution in [0.4, 0.5) is 24.7 Å². The molecule has 0 aliphatic rings. The maximum Gasteiger partial charge on any atom is 0.416 e. The predicted octanol–water partition coefficient (Wildman–Crippen LogP) is 2.84. The van der Waals surface area contributed by atoms with E-state index < -0.39 is 21.8 Å². The van der Waals surface area contributed by atoms with Gasteiger partial charge in [-0.25, -0.2) is 13.4 Å². The van der Waals surface area contributed by atoms with Crippen molar-refractivity contribution in [2.75, 3.05) is 22.3 Å². The van der Waals surface area contributed by atoms with Gasteiger partial charge in [0.05, 0.1) is 28.7 Å². The first kappa shape index (κ1) is 19.0. The molecule has 0 spiro atoms. The van der Waals surface area contributed by atoms with Gasteiger partial charge in [0.2, 0.25) is 10.0 Å². The summed E-state index contributed by atoms with van der Waals surface area (Å²) in [6.45, 7) is -0.106. The summed E-state index contributed by atoms with van der Waals surface area (Å²) >= 11 is 0. The van der Waals surface area contributed by atoms with Gasteiger partial charge in [0.25, 0.3) is 0 Å². The minimum atomic E-state index is -4.49. The van der Waals surface area contributed by atoms with Gasteiger partial charge in [-0.2, -0.15) is 18.3 Å². The van der Waals surface area contributed by atoms with E-state index in [4.69, 9.17) is 0 Å². The molecule has 2 heterocycles. The van der Waals surface area contributed by atoms with Crippen molar-refractivity contribution in [2.24, 2.45) is 7.05 Å². The predicted molar refractivity (Wildman–Crippen MR) is 95.9 cm³/mol. The molecule has 0 saturated carbocycles. The number of hydrogen-bond donors (Lipinski definition) is 2. The van der Waals surface area contributed by atoms with Crippen molar-refractivity contribution >= 4 is 32.4 Å². The van der Waals surface area contributed by atoms with Crippen molar-refractivity contribution in [3.05, 3.63) is 48.3 Å². The van der Waals surface area contributed by atoms with Gasteiger partial charge in [-0.15, -0.1) is 0 Å². The summed E-state index contributed by atoms with van der Waals surface area (Å²) in [5, 5.41) is 7.46. The molecular weight excluding hydrogens is 383 g/mol. The van der Waals surface area contributed by atoms with E-state index in [9.17, 15) is 21.6 Å². The fourth-order valence-electron chi connectivity index (χ4n) is 2.55. The van der Waals surface area contributed by atoms with Gasteiger partial charge in [0, 0.05) is 25.2 Å². The lowest BCUT2D eigenvalue weighted by Gasteiger charge is -2.12. The van der Waals surface area contributed by atoms with Crippen molar-refractivity contribution < 1.29 is 21.6 Å². The van der Waals surface area contributed by atoms with Crippen molar-refractivity contribution in [2.45, 2.75) is 6.18 Å². The van der Waals surface area contributed by atoms with Crippen LogP contribution in [0.1, 0.15) is 5.56 Å². The molecule has 3 rings (SSSR count). The molecule has 0 amide bonds. The summed E-state index contributed by atoms with van der Waals surface area (Å²) in [4.78, 5) is 3.76.